The van der Waals surface area contributed by atoms with Crippen molar-refractivity contribution < 1.29 is 8.83 Å². The fourth-order valence-electron chi connectivity index (χ4n) is 7.51. The van der Waals surface area contributed by atoms with E-state index in [-0.39, 0.29) is 0 Å². The second kappa shape index (κ2) is 9.69. The van der Waals surface area contributed by atoms with Crippen molar-refractivity contribution in [3.63, 3.8) is 0 Å². The summed E-state index contributed by atoms with van der Waals surface area (Å²) in [6.07, 6.45) is 0. The van der Waals surface area contributed by atoms with Crippen LogP contribution in [0.1, 0.15) is 0 Å². The maximum Gasteiger partial charge on any atom is 0.136 e. The van der Waals surface area contributed by atoms with Gasteiger partial charge in [0.2, 0.25) is 0 Å². The summed E-state index contributed by atoms with van der Waals surface area (Å²) in [5, 5.41) is 4.50. The van der Waals surface area contributed by atoms with Gasteiger partial charge in [0.05, 0.1) is 0 Å². The molecule has 214 valence electrons. The van der Waals surface area contributed by atoms with E-state index in [4.69, 9.17) is 8.83 Å². The van der Waals surface area contributed by atoms with Crippen LogP contribution in [0.25, 0.3) is 99.5 Å². The Bertz CT molecular complexity index is 2490. The van der Waals surface area contributed by atoms with E-state index >= 15 is 0 Å². The molecule has 0 radical (unpaired) electrons. The van der Waals surface area contributed by atoms with Gasteiger partial charge in [0, 0.05) is 21.9 Å². The lowest BCUT2D eigenvalue weighted by molar-refractivity contribution is 0.646. The van der Waals surface area contributed by atoms with Crippen molar-refractivity contribution in [3.05, 3.63) is 158 Å². The molecule has 0 unspecified atom stereocenters. The quantitative estimate of drug-likeness (QED) is 0.151. The molecule has 10 rings (SSSR count). The summed E-state index contributed by atoms with van der Waals surface area (Å²) in [7, 11) is 0. The fourth-order valence-corrected chi connectivity index (χ4v) is 7.51. The summed E-state index contributed by atoms with van der Waals surface area (Å²) in [4.78, 5) is 0. The molecule has 2 nitrogen and oxygen atoms in total. The molecule has 2 heterocycles. The second-order valence-corrected chi connectivity index (χ2v) is 12.0. The Hall–Kier alpha value is -6.12. The van der Waals surface area contributed by atoms with E-state index < -0.39 is 0 Å². The van der Waals surface area contributed by atoms with Crippen molar-refractivity contribution in [1.29, 1.82) is 0 Å². The molecule has 0 amide bonds. The number of hydrogen-bond donors (Lipinski definition) is 0. The van der Waals surface area contributed by atoms with Gasteiger partial charge in [-0.25, -0.2) is 0 Å². The highest BCUT2D eigenvalue weighted by Crippen LogP contribution is 2.51. The largest absolute Gasteiger partial charge is 0.456 e. The maximum atomic E-state index is 6.73. The standard InChI is InChI=1S/C44H26O2/c1-3-11-27(12-4-1)29-15-7-9-17-31(29)33-19-23-37-41-35(33)21-25-39-43(41)44-40(45-37)26-22-36-34(20-24-38(46-39)42(36)44)32-18-10-8-16-30(32)28-13-5-2-6-14-28/h1-26H. The molecule has 2 aliphatic rings. The summed E-state index contributed by atoms with van der Waals surface area (Å²) in [6, 6.07) is 55.8. The topological polar surface area (TPSA) is 26.3 Å². The molecule has 0 saturated carbocycles. The fraction of sp³-hybridized carbons (Fsp3) is 0. The molecule has 0 saturated heterocycles. The lowest BCUT2D eigenvalue weighted by Crippen LogP contribution is -1.97. The van der Waals surface area contributed by atoms with Crippen molar-refractivity contribution in [1.82, 2.24) is 0 Å². The molecule has 0 spiro atoms. The molecule has 0 fully saturated rings. The minimum atomic E-state index is 0.859. The minimum Gasteiger partial charge on any atom is -0.456 e. The van der Waals surface area contributed by atoms with E-state index in [0.717, 1.165) is 55.0 Å². The van der Waals surface area contributed by atoms with E-state index in [2.05, 4.69) is 158 Å². The second-order valence-electron chi connectivity index (χ2n) is 12.0. The Labute approximate surface area is 265 Å². The van der Waals surface area contributed by atoms with Gasteiger partial charge in [-0.05, 0) is 91.7 Å². The Morgan fingerprint density at radius 2 is 0.630 bits per heavy atom. The minimum absolute atomic E-state index is 0.859. The van der Waals surface area contributed by atoms with E-state index in [1.165, 1.54) is 44.5 Å². The van der Waals surface area contributed by atoms with E-state index in [0.29, 0.717) is 0 Å². The van der Waals surface area contributed by atoms with Gasteiger partial charge in [0.1, 0.15) is 22.3 Å². The Morgan fingerprint density at radius 3 is 1.07 bits per heavy atom. The monoisotopic (exact) mass is 586 g/mol. The van der Waals surface area contributed by atoms with Gasteiger partial charge in [-0.15, -0.1) is 0 Å². The first-order valence-electron chi connectivity index (χ1n) is 15.7. The molecule has 0 atom stereocenters. The molecule has 0 aromatic heterocycles. The zero-order valence-corrected chi connectivity index (χ0v) is 24.8. The molecule has 8 aromatic rings. The van der Waals surface area contributed by atoms with Crippen LogP contribution in [0.3, 0.4) is 0 Å². The third kappa shape index (κ3) is 3.59. The molecular weight excluding hydrogens is 560 g/mol. The molecule has 0 N–H and O–H groups in total. The Morgan fingerprint density at radius 1 is 0.261 bits per heavy atom. The summed E-state index contributed by atoms with van der Waals surface area (Å²) in [5.74, 6) is 0. The molecule has 2 aliphatic heterocycles. The van der Waals surface area contributed by atoms with Crippen molar-refractivity contribution in [2.45, 2.75) is 0 Å². The van der Waals surface area contributed by atoms with Gasteiger partial charge in [0.15, 0.2) is 0 Å². The smallest absolute Gasteiger partial charge is 0.136 e. The van der Waals surface area contributed by atoms with Crippen LogP contribution in [0.2, 0.25) is 0 Å². The Kier molecular flexibility index (Phi) is 5.31. The molecule has 0 bridgehead atoms. The van der Waals surface area contributed by atoms with Gasteiger partial charge in [-0.1, -0.05) is 121 Å². The van der Waals surface area contributed by atoms with Gasteiger partial charge in [0.25, 0.3) is 0 Å². The van der Waals surface area contributed by atoms with E-state index in [1.54, 1.807) is 0 Å². The first-order chi connectivity index (χ1) is 22.8. The summed E-state index contributed by atoms with van der Waals surface area (Å²) in [5.41, 5.74) is 15.2. The first-order valence-corrected chi connectivity index (χ1v) is 15.7. The van der Waals surface area contributed by atoms with Gasteiger partial charge >= 0.3 is 0 Å². The highest BCUT2D eigenvalue weighted by Gasteiger charge is 2.27. The van der Waals surface area contributed by atoms with Crippen molar-refractivity contribution in [2.75, 3.05) is 0 Å². The zero-order valence-electron chi connectivity index (χ0n) is 24.8. The molecule has 8 aromatic carbocycles. The van der Waals surface area contributed by atoms with Crippen molar-refractivity contribution in [2.24, 2.45) is 0 Å². The van der Waals surface area contributed by atoms with Gasteiger partial charge in [-0.3, -0.25) is 0 Å². The number of hydrogen-bond acceptors (Lipinski definition) is 2. The van der Waals surface area contributed by atoms with Crippen LogP contribution in [0.4, 0.5) is 0 Å². The first kappa shape index (κ1) is 25.2. The predicted molar refractivity (Wildman–Crippen MR) is 191 cm³/mol. The van der Waals surface area contributed by atoms with Crippen LogP contribution in [-0.4, -0.2) is 0 Å². The average Bonchev–Trinajstić information content (AvgIpc) is 3.13. The lowest BCUT2D eigenvalue weighted by Gasteiger charge is -2.22. The average molecular weight is 587 g/mol. The molecule has 2 heteroatoms. The SMILES string of the molecule is c1ccc(-c2ccccc2-c2ccc3oc4ccc5c(-c6ccccc6-c6ccccc6)ccc6oc7ccc2c3c7-c4c65)cc1. The summed E-state index contributed by atoms with van der Waals surface area (Å²) >= 11 is 0. The number of benzene rings is 8. The highest BCUT2D eigenvalue weighted by atomic mass is 16.3. The van der Waals surface area contributed by atoms with Crippen LogP contribution in [0.15, 0.2) is 167 Å². The van der Waals surface area contributed by atoms with Crippen LogP contribution < -0.4 is 0 Å². The van der Waals surface area contributed by atoms with E-state index in [9.17, 15) is 0 Å². The van der Waals surface area contributed by atoms with Gasteiger partial charge in [-0.2, -0.15) is 0 Å². The van der Waals surface area contributed by atoms with Crippen LogP contribution in [0.5, 0.6) is 0 Å². The maximum absolute atomic E-state index is 6.73. The third-order valence-electron chi connectivity index (χ3n) is 9.50. The Balaban J connectivity index is 1.26. The van der Waals surface area contributed by atoms with Crippen molar-refractivity contribution in [3.8, 4) is 55.6 Å². The normalized spacial score (nSPS) is 11.9. The molecule has 46 heavy (non-hydrogen) atoms. The number of rotatable bonds is 4. The van der Waals surface area contributed by atoms with Crippen molar-refractivity contribution >= 4 is 43.9 Å². The third-order valence-corrected chi connectivity index (χ3v) is 9.50. The van der Waals surface area contributed by atoms with E-state index in [1.807, 2.05) is 0 Å². The lowest BCUT2D eigenvalue weighted by atomic mass is 9.85. The zero-order chi connectivity index (χ0) is 30.2. The summed E-state index contributed by atoms with van der Waals surface area (Å²) < 4.78 is 13.5. The van der Waals surface area contributed by atoms with Gasteiger partial charge < -0.3 is 8.83 Å². The molecular formula is C44H26O2. The highest BCUT2D eigenvalue weighted by molar-refractivity contribution is 6.26. The van der Waals surface area contributed by atoms with Crippen LogP contribution >= 0.6 is 0 Å². The van der Waals surface area contributed by atoms with Crippen LogP contribution in [0, 0.1) is 0 Å². The van der Waals surface area contributed by atoms with Crippen LogP contribution in [-0.2, 0) is 0 Å². The predicted octanol–water partition coefficient (Wildman–Crippen LogP) is 12.7. The summed E-state index contributed by atoms with van der Waals surface area (Å²) in [6.45, 7) is 0. The molecule has 0 aliphatic carbocycles.